The molecule has 10 nitrogen and oxygen atoms in total. The fourth-order valence-corrected chi connectivity index (χ4v) is 6.39. The number of unbranched alkanes of at least 4 members (excludes halogenated alkanes) is 2. The van der Waals surface area contributed by atoms with E-state index >= 15 is 0 Å². The number of nitriles is 4. The molecule has 0 fully saturated rings. The molecule has 0 aliphatic rings. The third kappa shape index (κ3) is 8.01. The second kappa shape index (κ2) is 17.0. The van der Waals surface area contributed by atoms with Gasteiger partial charge in [-0.25, -0.2) is 9.97 Å². The molecule has 0 bridgehead atoms. The highest BCUT2D eigenvalue weighted by atomic mass is 32.1. The van der Waals surface area contributed by atoms with E-state index in [4.69, 9.17) is 0 Å². The number of imidazole rings is 2. The molecule has 0 aliphatic carbocycles. The second-order valence-corrected chi connectivity index (χ2v) is 12.2. The predicted octanol–water partition coefficient (Wildman–Crippen LogP) is 8.34. The molecule has 1 aromatic carbocycles. The van der Waals surface area contributed by atoms with Crippen LogP contribution in [-0.2, 0) is 13.1 Å². The molecule has 0 spiro atoms. The summed E-state index contributed by atoms with van der Waals surface area (Å²) in [7, 11) is 0. The maximum absolute atomic E-state index is 9.87. The zero-order valence-corrected chi connectivity index (χ0v) is 28.4. The van der Waals surface area contributed by atoms with Crippen LogP contribution in [0.15, 0.2) is 12.1 Å². The SMILES string of the molecule is CCCCC(CC)Cn1c(/C=C/c2ccc(/C=C/c3nc(C#N)c(C#N)n3CC(CC)CCCC)c3nsnc23)nc(C#N)c1C#N. The largest absolute Gasteiger partial charge is 0.315 e. The minimum Gasteiger partial charge on any atom is -0.315 e. The van der Waals surface area contributed by atoms with Crippen LogP contribution >= 0.6 is 11.7 Å². The smallest absolute Gasteiger partial charge is 0.177 e. The molecule has 0 N–H and O–H groups in total. The van der Waals surface area contributed by atoms with Crippen molar-refractivity contribution in [3.63, 3.8) is 0 Å². The first kappa shape index (κ1) is 34.8. The van der Waals surface area contributed by atoms with Crippen LogP contribution in [0.4, 0.5) is 0 Å². The van der Waals surface area contributed by atoms with Gasteiger partial charge >= 0.3 is 0 Å². The molecular weight excluding hydrogens is 605 g/mol. The molecule has 0 saturated carbocycles. The molecule has 4 aromatic rings. The predicted molar refractivity (Wildman–Crippen MR) is 185 cm³/mol. The first-order chi connectivity index (χ1) is 23.0. The van der Waals surface area contributed by atoms with Gasteiger partial charge in [0.1, 0.15) is 47.0 Å². The first-order valence-electron chi connectivity index (χ1n) is 16.4. The number of hydrogen-bond acceptors (Lipinski definition) is 9. The summed E-state index contributed by atoms with van der Waals surface area (Å²) < 4.78 is 12.9. The number of nitrogens with zero attached hydrogens (tertiary/aromatic N) is 10. The van der Waals surface area contributed by atoms with E-state index in [1.807, 2.05) is 45.6 Å². The highest BCUT2D eigenvalue weighted by Gasteiger charge is 2.20. The van der Waals surface area contributed by atoms with Crippen molar-refractivity contribution < 1.29 is 0 Å². The van der Waals surface area contributed by atoms with E-state index in [2.05, 4.69) is 70.7 Å². The van der Waals surface area contributed by atoms with Crippen LogP contribution in [0.1, 0.15) is 125 Å². The average Bonchev–Trinajstić information content (AvgIpc) is 3.82. The number of fused-ring (bicyclic) bond motifs is 1. The number of aromatic nitrogens is 6. The molecule has 2 atom stereocenters. The Morgan fingerprint density at radius 2 is 1.09 bits per heavy atom. The molecule has 47 heavy (non-hydrogen) atoms. The molecule has 3 aromatic heterocycles. The molecule has 2 unspecified atom stereocenters. The van der Waals surface area contributed by atoms with E-state index in [0.29, 0.717) is 47.6 Å². The van der Waals surface area contributed by atoms with Gasteiger partial charge in [0.15, 0.2) is 22.8 Å². The van der Waals surface area contributed by atoms with Gasteiger partial charge < -0.3 is 9.13 Å². The molecule has 0 aliphatic heterocycles. The fraction of sp³-hybridized carbons (Fsp3) is 0.444. The summed E-state index contributed by atoms with van der Waals surface area (Å²) in [6, 6.07) is 12.4. The van der Waals surface area contributed by atoms with Crippen molar-refractivity contribution in [2.24, 2.45) is 11.8 Å². The summed E-state index contributed by atoms with van der Waals surface area (Å²) in [5.41, 5.74) is 3.93. The van der Waals surface area contributed by atoms with Gasteiger partial charge in [0.05, 0.1) is 11.7 Å². The van der Waals surface area contributed by atoms with Crippen LogP contribution in [-0.4, -0.2) is 27.8 Å². The maximum Gasteiger partial charge on any atom is 0.177 e. The number of rotatable bonds is 16. The van der Waals surface area contributed by atoms with Gasteiger partial charge in [0.2, 0.25) is 0 Å². The van der Waals surface area contributed by atoms with Crippen LogP contribution in [0.2, 0.25) is 0 Å². The van der Waals surface area contributed by atoms with E-state index in [1.165, 1.54) is 0 Å². The van der Waals surface area contributed by atoms with Crippen LogP contribution < -0.4 is 0 Å². The molecule has 3 heterocycles. The Labute approximate surface area is 281 Å². The minimum absolute atomic E-state index is 0.131. The van der Waals surface area contributed by atoms with Gasteiger partial charge in [-0.2, -0.15) is 29.8 Å². The standard InChI is InChI=1S/C36H40N10S/c1-5-9-11-25(7-3)23-45-31(21-39)29(19-37)41-33(45)17-15-27-13-14-28(36-35(27)43-47-44-36)16-18-34-42-30(20-38)32(22-40)46(34)24-26(8-4)12-10-6-2/h13-18,25-26H,5-12,23-24H2,1-4H3/b17-15+,18-16+. The highest BCUT2D eigenvalue weighted by Crippen LogP contribution is 2.27. The summed E-state index contributed by atoms with van der Waals surface area (Å²) in [6.45, 7) is 9.89. The Balaban J connectivity index is 1.68. The Morgan fingerprint density at radius 3 is 1.43 bits per heavy atom. The Bertz CT molecular complexity index is 1780. The molecule has 11 heteroatoms. The quantitative estimate of drug-likeness (QED) is 0.118. The van der Waals surface area contributed by atoms with Gasteiger partial charge in [0.25, 0.3) is 0 Å². The van der Waals surface area contributed by atoms with Crippen molar-refractivity contribution in [1.82, 2.24) is 27.8 Å². The van der Waals surface area contributed by atoms with Gasteiger partial charge in [-0.05, 0) is 49.0 Å². The van der Waals surface area contributed by atoms with Crippen molar-refractivity contribution in [3.8, 4) is 24.3 Å². The van der Waals surface area contributed by atoms with E-state index in [0.717, 1.165) is 74.2 Å². The van der Waals surface area contributed by atoms with E-state index in [1.54, 1.807) is 0 Å². The van der Waals surface area contributed by atoms with Crippen LogP contribution in [0.3, 0.4) is 0 Å². The van der Waals surface area contributed by atoms with Crippen LogP contribution in [0, 0.1) is 57.2 Å². The van der Waals surface area contributed by atoms with Gasteiger partial charge in [-0.1, -0.05) is 78.4 Å². The number of benzene rings is 1. The van der Waals surface area contributed by atoms with Crippen molar-refractivity contribution in [2.45, 2.75) is 92.2 Å². The molecule has 0 radical (unpaired) electrons. The topological polar surface area (TPSA) is 157 Å². The summed E-state index contributed by atoms with van der Waals surface area (Å²) in [5.74, 6) is 1.88. The zero-order valence-electron chi connectivity index (χ0n) is 27.6. The lowest BCUT2D eigenvalue weighted by atomic mass is 9.99. The fourth-order valence-electron chi connectivity index (χ4n) is 5.80. The normalized spacial score (nSPS) is 12.7. The Morgan fingerprint density at radius 1 is 0.660 bits per heavy atom. The lowest BCUT2D eigenvalue weighted by molar-refractivity contribution is 0.388. The van der Waals surface area contributed by atoms with Crippen molar-refractivity contribution in [2.75, 3.05) is 0 Å². The summed E-state index contributed by atoms with van der Waals surface area (Å²) >= 11 is 1.11. The molecule has 240 valence electrons. The third-order valence-corrected chi connectivity index (χ3v) is 9.22. The van der Waals surface area contributed by atoms with Crippen LogP contribution in [0.25, 0.3) is 35.3 Å². The van der Waals surface area contributed by atoms with Crippen molar-refractivity contribution >= 4 is 47.1 Å². The minimum atomic E-state index is 0.131. The highest BCUT2D eigenvalue weighted by molar-refractivity contribution is 7.00. The van der Waals surface area contributed by atoms with Crippen molar-refractivity contribution in [1.29, 1.82) is 21.0 Å². The molecule has 0 amide bonds. The van der Waals surface area contributed by atoms with Crippen LogP contribution in [0.5, 0.6) is 0 Å². The van der Waals surface area contributed by atoms with Crippen molar-refractivity contribution in [3.05, 3.63) is 57.7 Å². The monoisotopic (exact) mass is 644 g/mol. The average molecular weight is 645 g/mol. The van der Waals surface area contributed by atoms with E-state index < -0.39 is 0 Å². The summed E-state index contributed by atoms with van der Waals surface area (Å²) in [6.07, 6.45) is 16.0. The van der Waals surface area contributed by atoms with Gasteiger partial charge in [-0.3, -0.25) is 0 Å². The third-order valence-electron chi connectivity index (χ3n) is 8.69. The van der Waals surface area contributed by atoms with E-state index in [9.17, 15) is 21.0 Å². The first-order valence-corrected chi connectivity index (χ1v) is 17.1. The molecular formula is C36H40N10S. The second-order valence-electron chi connectivity index (χ2n) is 11.7. The maximum atomic E-state index is 9.87. The lowest BCUT2D eigenvalue weighted by Gasteiger charge is -2.17. The number of hydrogen-bond donors (Lipinski definition) is 0. The molecule has 0 saturated heterocycles. The van der Waals surface area contributed by atoms with Gasteiger partial charge in [0, 0.05) is 24.2 Å². The lowest BCUT2D eigenvalue weighted by Crippen LogP contribution is -2.13. The molecule has 4 rings (SSSR count). The Hall–Kier alpha value is -5.10. The zero-order chi connectivity index (χ0) is 33.8. The van der Waals surface area contributed by atoms with Gasteiger partial charge in [-0.15, -0.1) is 0 Å². The van der Waals surface area contributed by atoms with E-state index in [-0.39, 0.29) is 22.8 Å². The summed E-state index contributed by atoms with van der Waals surface area (Å²) in [4.78, 5) is 9.00. The summed E-state index contributed by atoms with van der Waals surface area (Å²) in [5, 5.41) is 39.1. The Kier molecular flexibility index (Phi) is 12.6.